The van der Waals surface area contributed by atoms with E-state index in [1.54, 1.807) is 7.11 Å². The number of ether oxygens (including phenoxy) is 1. The number of halogens is 1. The van der Waals surface area contributed by atoms with Crippen molar-refractivity contribution < 1.29 is 4.74 Å². The highest BCUT2D eigenvalue weighted by atomic mass is 35.5. The van der Waals surface area contributed by atoms with E-state index in [0.29, 0.717) is 0 Å². The van der Waals surface area contributed by atoms with Gasteiger partial charge in [0.2, 0.25) is 0 Å². The van der Waals surface area contributed by atoms with E-state index >= 15 is 0 Å². The topological polar surface area (TPSA) is 21.3 Å². The van der Waals surface area contributed by atoms with Gasteiger partial charge in [-0.2, -0.15) is 0 Å². The van der Waals surface area contributed by atoms with Crippen molar-refractivity contribution in [3.63, 3.8) is 0 Å². The van der Waals surface area contributed by atoms with Crippen LogP contribution in [0.3, 0.4) is 0 Å². The Labute approximate surface area is 83.9 Å². The molecule has 72 valence electrons. The predicted octanol–water partition coefficient (Wildman–Crippen LogP) is 2.25. The molecule has 0 saturated carbocycles. The third-order valence-electron chi connectivity index (χ3n) is 1.92. The van der Waals surface area contributed by atoms with Gasteiger partial charge in [0.15, 0.2) is 0 Å². The molecule has 0 saturated heterocycles. The second kappa shape index (κ2) is 5.22. The molecule has 0 bridgehead atoms. The molecule has 0 spiro atoms. The fourth-order valence-electron chi connectivity index (χ4n) is 1.20. The Morgan fingerprint density at radius 1 is 1.38 bits per heavy atom. The van der Waals surface area contributed by atoms with Crippen molar-refractivity contribution >= 4 is 11.6 Å². The molecule has 0 heterocycles. The Morgan fingerprint density at radius 3 is 2.46 bits per heavy atom. The molecule has 0 aromatic heterocycles. The molecule has 0 aliphatic rings. The highest BCUT2D eigenvalue weighted by molar-refractivity contribution is 6.30. The number of benzene rings is 1. The van der Waals surface area contributed by atoms with E-state index in [1.807, 2.05) is 31.3 Å². The summed E-state index contributed by atoms with van der Waals surface area (Å²) in [5, 5.41) is 3.83. The van der Waals surface area contributed by atoms with E-state index in [0.717, 1.165) is 17.1 Å². The van der Waals surface area contributed by atoms with Crippen LogP contribution in [0.4, 0.5) is 0 Å². The SMILES string of the molecule is CNC[C@H](OC)c1ccc(Cl)cc1. The van der Waals surface area contributed by atoms with E-state index in [2.05, 4.69) is 5.32 Å². The smallest absolute Gasteiger partial charge is 0.0945 e. The van der Waals surface area contributed by atoms with Gasteiger partial charge in [-0.3, -0.25) is 0 Å². The van der Waals surface area contributed by atoms with Gasteiger partial charge in [0.25, 0.3) is 0 Å². The van der Waals surface area contributed by atoms with Crippen molar-refractivity contribution in [1.82, 2.24) is 5.32 Å². The first-order valence-corrected chi connectivity index (χ1v) is 4.58. The molecule has 1 rings (SSSR count). The fraction of sp³-hybridized carbons (Fsp3) is 0.400. The number of rotatable bonds is 4. The molecule has 1 N–H and O–H groups in total. The lowest BCUT2D eigenvalue weighted by atomic mass is 10.1. The molecule has 0 fully saturated rings. The second-order valence-corrected chi connectivity index (χ2v) is 3.27. The van der Waals surface area contributed by atoms with Crippen LogP contribution in [-0.4, -0.2) is 20.7 Å². The van der Waals surface area contributed by atoms with Gasteiger partial charge >= 0.3 is 0 Å². The van der Waals surface area contributed by atoms with Gasteiger partial charge in [-0.05, 0) is 24.7 Å². The summed E-state index contributed by atoms with van der Waals surface area (Å²) in [7, 11) is 3.61. The van der Waals surface area contributed by atoms with Gasteiger partial charge in [0.1, 0.15) is 0 Å². The van der Waals surface area contributed by atoms with E-state index in [9.17, 15) is 0 Å². The maximum atomic E-state index is 5.78. The standard InChI is InChI=1S/C10H14ClNO/c1-12-7-10(13-2)8-3-5-9(11)6-4-8/h3-6,10,12H,7H2,1-2H3/t10-/m0/s1. The quantitative estimate of drug-likeness (QED) is 0.803. The van der Waals surface area contributed by atoms with Gasteiger partial charge in [-0.15, -0.1) is 0 Å². The van der Waals surface area contributed by atoms with Crippen molar-refractivity contribution in [3.8, 4) is 0 Å². The zero-order valence-electron chi connectivity index (χ0n) is 7.88. The summed E-state index contributed by atoms with van der Waals surface area (Å²) in [6, 6.07) is 7.71. The molecule has 1 aromatic carbocycles. The lowest BCUT2D eigenvalue weighted by Gasteiger charge is -2.14. The average Bonchev–Trinajstić information content (AvgIpc) is 2.16. The molecule has 0 radical (unpaired) electrons. The summed E-state index contributed by atoms with van der Waals surface area (Å²) in [6.45, 7) is 0.804. The molecule has 2 nitrogen and oxygen atoms in total. The summed E-state index contributed by atoms with van der Waals surface area (Å²) in [5.74, 6) is 0. The van der Waals surface area contributed by atoms with E-state index < -0.39 is 0 Å². The molecular formula is C10H14ClNO. The third kappa shape index (κ3) is 2.99. The minimum Gasteiger partial charge on any atom is -0.375 e. The number of hydrogen-bond donors (Lipinski definition) is 1. The van der Waals surface area contributed by atoms with Crippen LogP contribution in [0.25, 0.3) is 0 Å². The Morgan fingerprint density at radius 2 is 2.00 bits per heavy atom. The molecule has 0 unspecified atom stereocenters. The Kier molecular flexibility index (Phi) is 4.22. The molecule has 0 aliphatic carbocycles. The minimum absolute atomic E-state index is 0.0993. The van der Waals surface area contributed by atoms with Crippen molar-refractivity contribution in [1.29, 1.82) is 0 Å². The lowest BCUT2D eigenvalue weighted by molar-refractivity contribution is 0.104. The fourth-order valence-corrected chi connectivity index (χ4v) is 1.33. The summed E-state index contributed by atoms with van der Waals surface area (Å²) < 4.78 is 5.31. The largest absolute Gasteiger partial charge is 0.375 e. The summed E-state index contributed by atoms with van der Waals surface area (Å²) in [4.78, 5) is 0. The number of nitrogens with one attached hydrogen (secondary N) is 1. The maximum Gasteiger partial charge on any atom is 0.0945 e. The van der Waals surface area contributed by atoms with Crippen molar-refractivity contribution in [2.75, 3.05) is 20.7 Å². The number of methoxy groups -OCH3 is 1. The highest BCUT2D eigenvalue weighted by Gasteiger charge is 2.07. The number of hydrogen-bond acceptors (Lipinski definition) is 2. The molecule has 13 heavy (non-hydrogen) atoms. The van der Waals surface area contributed by atoms with Crippen LogP contribution in [0, 0.1) is 0 Å². The summed E-state index contributed by atoms with van der Waals surface area (Å²) in [5.41, 5.74) is 1.14. The highest BCUT2D eigenvalue weighted by Crippen LogP contribution is 2.18. The van der Waals surface area contributed by atoms with Crippen LogP contribution in [0.1, 0.15) is 11.7 Å². The molecule has 1 atom stereocenters. The van der Waals surface area contributed by atoms with Crippen LogP contribution in [0.2, 0.25) is 5.02 Å². The van der Waals surface area contributed by atoms with Crippen molar-refractivity contribution in [2.24, 2.45) is 0 Å². The monoisotopic (exact) mass is 199 g/mol. The third-order valence-corrected chi connectivity index (χ3v) is 2.17. The first kappa shape index (κ1) is 10.5. The van der Waals surface area contributed by atoms with Gasteiger partial charge in [0, 0.05) is 18.7 Å². The number of likely N-dealkylation sites (N-methyl/N-ethyl adjacent to an activating group) is 1. The summed E-state index contributed by atoms with van der Waals surface area (Å²) >= 11 is 5.78. The van der Waals surface area contributed by atoms with E-state index in [-0.39, 0.29) is 6.10 Å². The van der Waals surface area contributed by atoms with E-state index in [1.165, 1.54) is 0 Å². The predicted molar refractivity (Wildman–Crippen MR) is 55.1 cm³/mol. The molecule has 0 aliphatic heterocycles. The van der Waals surface area contributed by atoms with Gasteiger partial charge in [0.05, 0.1) is 6.10 Å². The summed E-state index contributed by atoms with van der Waals surface area (Å²) in [6.07, 6.45) is 0.0993. The minimum atomic E-state index is 0.0993. The average molecular weight is 200 g/mol. The van der Waals surface area contributed by atoms with Crippen LogP contribution < -0.4 is 5.32 Å². The zero-order valence-corrected chi connectivity index (χ0v) is 8.64. The van der Waals surface area contributed by atoms with Crippen LogP contribution in [0.5, 0.6) is 0 Å². The van der Waals surface area contributed by atoms with Gasteiger partial charge in [-0.1, -0.05) is 23.7 Å². The first-order valence-electron chi connectivity index (χ1n) is 4.20. The van der Waals surface area contributed by atoms with Gasteiger partial charge < -0.3 is 10.1 Å². The van der Waals surface area contributed by atoms with Crippen LogP contribution in [0.15, 0.2) is 24.3 Å². The van der Waals surface area contributed by atoms with Crippen molar-refractivity contribution in [3.05, 3.63) is 34.9 Å². The van der Waals surface area contributed by atoms with Crippen molar-refractivity contribution in [2.45, 2.75) is 6.10 Å². The molecule has 1 aromatic rings. The maximum absolute atomic E-state index is 5.78. The Bertz CT molecular complexity index is 248. The lowest BCUT2D eigenvalue weighted by Crippen LogP contribution is -2.18. The molecule has 0 amide bonds. The zero-order chi connectivity index (χ0) is 9.68. The molecular weight excluding hydrogens is 186 g/mol. The van der Waals surface area contributed by atoms with Crippen LogP contribution in [-0.2, 0) is 4.74 Å². The Balaban J connectivity index is 2.73. The van der Waals surface area contributed by atoms with E-state index in [4.69, 9.17) is 16.3 Å². The molecule has 3 heteroatoms. The van der Waals surface area contributed by atoms with Gasteiger partial charge in [-0.25, -0.2) is 0 Å². The second-order valence-electron chi connectivity index (χ2n) is 2.83. The first-order chi connectivity index (χ1) is 6.27. The Hall–Kier alpha value is -0.570. The van der Waals surface area contributed by atoms with Crippen LogP contribution >= 0.6 is 11.6 Å². The normalized spacial score (nSPS) is 12.8.